The van der Waals surface area contributed by atoms with E-state index in [2.05, 4.69) is 33.4 Å². The van der Waals surface area contributed by atoms with Crippen molar-refractivity contribution in [1.82, 2.24) is 20.1 Å². The molecular weight excluding hydrogens is 479 g/mol. The van der Waals surface area contributed by atoms with Crippen molar-refractivity contribution >= 4 is 30.3 Å². The number of carbonyl (C=O) groups excluding carboxylic acids is 2. The molecule has 1 N–H and O–H groups in total. The van der Waals surface area contributed by atoms with Gasteiger partial charge in [-0.15, -0.1) is 0 Å². The molecule has 2 fully saturated rings. The van der Waals surface area contributed by atoms with Gasteiger partial charge in [-0.1, -0.05) is 24.3 Å². The monoisotopic (exact) mass is 505 g/mol. The van der Waals surface area contributed by atoms with Crippen molar-refractivity contribution in [2.24, 2.45) is 0 Å². The summed E-state index contributed by atoms with van der Waals surface area (Å²) in [5.74, 6) is -0.144. The molecule has 0 spiro atoms. The van der Waals surface area contributed by atoms with Crippen LogP contribution in [0.3, 0.4) is 0 Å². The van der Waals surface area contributed by atoms with Crippen LogP contribution in [0.1, 0.15) is 40.6 Å². The average molecular weight is 506 g/mol. The highest BCUT2D eigenvalue weighted by Gasteiger charge is 2.39. The second kappa shape index (κ2) is 9.44. The van der Waals surface area contributed by atoms with Crippen LogP contribution in [0.4, 0.5) is 19.0 Å². The van der Waals surface area contributed by atoms with Gasteiger partial charge in [-0.25, -0.2) is 4.98 Å². The summed E-state index contributed by atoms with van der Waals surface area (Å²) >= 11 is 4.79. The Morgan fingerprint density at radius 2 is 1.86 bits per heavy atom. The smallest absolute Gasteiger partial charge is 0.354 e. The van der Waals surface area contributed by atoms with Crippen molar-refractivity contribution < 1.29 is 22.8 Å². The van der Waals surface area contributed by atoms with Crippen LogP contribution in [-0.4, -0.2) is 58.8 Å². The maximum Gasteiger partial charge on any atom is 0.433 e. The Labute approximate surface area is 206 Å². The Hall–Kier alpha value is -2.63. The van der Waals surface area contributed by atoms with Gasteiger partial charge in [0, 0.05) is 45.7 Å². The molecule has 5 rings (SSSR count). The zero-order chi connectivity index (χ0) is 24.7. The van der Waals surface area contributed by atoms with E-state index < -0.39 is 11.9 Å². The molecule has 11 heteroatoms. The van der Waals surface area contributed by atoms with Crippen molar-refractivity contribution in [3.63, 3.8) is 0 Å². The van der Waals surface area contributed by atoms with E-state index in [-0.39, 0.29) is 23.2 Å². The van der Waals surface area contributed by atoms with Crippen LogP contribution in [0.5, 0.6) is 0 Å². The van der Waals surface area contributed by atoms with E-state index in [0.29, 0.717) is 51.4 Å². The normalized spacial score (nSPS) is 23.9. The topological polar surface area (TPSA) is 68.8 Å². The van der Waals surface area contributed by atoms with Gasteiger partial charge in [0.15, 0.2) is 0 Å². The lowest BCUT2D eigenvalue weighted by Gasteiger charge is -2.35. The van der Waals surface area contributed by atoms with Crippen LogP contribution in [0.15, 0.2) is 36.4 Å². The molecule has 2 atom stereocenters. The van der Waals surface area contributed by atoms with Crippen molar-refractivity contribution in [2.75, 3.05) is 31.1 Å². The van der Waals surface area contributed by atoms with Gasteiger partial charge in [-0.05, 0) is 35.2 Å². The fraction of sp³-hybridized carbons (Fsp3) is 0.458. The number of aromatic nitrogens is 1. The summed E-state index contributed by atoms with van der Waals surface area (Å²) < 4.78 is 39.0. The molecule has 1 aromatic carbocycles. The summed E-state index contributed by atoms with van der Waals surface area (Å²) in [6.45, 7) is 3.94. The third kappa shape index (κ3) is 5.03. The second-order valence-electron chi connectivity index (χ2n) is 9.19. The lowest BCUT2D eigenvalue weighted by Crippen LogP contribution is -2.51. The van der Waals surface area contributed by atoms with Gasteiger partial charge >= 0.3 is 6.18 Å². The fourth-order valence-corrected chi connectivity index (χ4v) is 5.50. The van der Waals surface area contributed by atoms with Crippen LogP contribution in [-0.2, 0) is 28.9 Å². The predicted octanol–water partition coefficient (Wildman–Crippen LogP) is 2.97. The van der Waals surface area contributed by atoms with E-state index in [9.17, 15) is 22.8 Å². The number of pyridine rings is 1. The summed E-state index contributed by atoms with van der Waals surface area (Å²) in [7, 11) is 0. The number of nitrogens with one attached hydrogen (secondary N) is 1. The van der Waals surface area contributed by atoms with Crippen LogP contribution in [0.25, 0.3) is 0 Å². The number of hydrogen-bond donors (Lipinski definition) is 2. The molecule has 4 heterocycles. The molecule has 7 nitrogen and oxygen atoms in total. The Balaban J connectivity index is 1.20. The molecule has 2 saturated heterocycles. The summed E-state index contributed by atoms with van der Waals surface area (Å²) in [4.78, 5) is 33.8. The Morgan fingerprint density at radius 1 is 1.09 bits per heavy atom. The third-order valence-corrected chi connectivity index (χ3v) is 7.47. The number of nitrogens with zero attached hydrogens (tertiary/aromatic N) is 4. The number of carbonyl (C=O) groups is 2. The van der Waals surface area contributed by atoms with E-state index in [1.807, 2.05) is 9.80 Å². The van der Waals surface area contributed by atoms with Gasteiger partial charge in [0.2, 0.25) is 11.8 Å². The number of alkyl halides is 3. The minimum Gasteiger partial charge on any atom is -0.354 e. The standard InChI is InChI=1S/C24H26F3N5O2S/c25-24(26,27)19-2-1-3-20(28-19)31-10-8-30(9-11-31)13-15-4-5-16-14-32(23(35)17(16)12-15)18-6-7-21(33)29-22(18)34/h1-5,12,18,23,35H,6-11,13-14H2,(H,29,33,34). The minimum atomic E-state index is -4.45. The quantitative estimate of drug-likeness (QED) is 0.492. The van der Waals surface area contributed by atoms with Gasteiger partial charge in [0.05, 0.1) is 11.4 Å². The number of fused-ring (bicyclic) bond motifs is 1. The molecular formula is C24H26F3N5O2S. The predicted molar refractivity (Wildman–Crippen MR) is 127 cm³/mol. The molecule has 2 amide bonds. The van der Waals surface area contributed by atoms with Crippen LogP contribution < -0.4 is 10.2 Å². The number of imide groups is 1. The van der Waals surface area contributed by atoms with Crippen molar-refractivity contribution in [3.05, 3.63) is 58.8 Å². The van der Waals surface area contributed by atoms with E-state index in [1.54, 1.807) is 6.07 Å². The van der Waals surface area contributed by atoms with E-state index in [4.69, 9.17) is 12.6 Å². The Kier molecular flexibility index (Phi) is 6.49. The fourth-order valence-electron chi connectivity index (χ4n) is 5.02. The largest absolute Gasteiger partial charge is 0.433 e. The number of halogens is 3. The maximum absolute atomic E-state index is 13.0. The first-order valence-electron chi connectivity index (χ1n) is 11.6. The first kappa shape index (κ1) is 24.1. The number of thiol groups is 1. The number of piperazine rings is 1. The molecule has 3 aliphatic heterocycles. The van der Waals surface area contributed by atoms with Gasteiger partial charge in [-0.2, -0.15) is 25.8 Å². The number of hydrogen-bond acceptors (Lipinski definition) is 7. The summed E-state index contributed by atoms with van der Waals surface area (Å²) in [5.41, 5.74) is 2.45. The molecule has 0 aliphatic carbocycles. The summed E-state index contributed by atoms with van der Waals surface area (Å²) in [6.07, 6.45) is -3.63. The first-order valence-corrected chi connectivity index (χ1v) is 12.1. The Bertz CT molecular complexity index is 1140. The van der Waals surface area contributed by atoms with E-state index in [0.717, 1.165) is 29.3 Å². The van der Waals surface area contributed by atoms with Crippen molar-refractivity contribution in [2.45, 2.75) is 43.5 Å². The van der Waals surface area contributed by atoms with Gasteiger partial charge in [0.1, 0.15) is 11.5 Å². The number of amides is 2. The minimum absolute atomic E-state index is 0.224. The maximum atomic E-state index is 13.0. The molecule has 2 unspecified atom stereocenters. The molecule has 186 valence electrons. The lowest BCUT2D eigenvalue weighted by molar-refractivity contribution is -0.141. The van der Waals surface area contributed by atoms with Gasteiger partial charge < -0.3 is 4.90 Å². The number of anilines is 1. The zero-order valence-electron chi connectivity index (χ0n) is 19.0. The second-order valence-corrected chi connectivity index (χ2v) is 9.68. The highest BCUT2D eigenvalue weighted by atomic mass is 32.1. The molecule has 1 aromatic heterocycles. The molecule has 2 aromatic rings. The van der Waals surface area contributed by atoms with Gasteiger partial charge in [-0.3, -0.25) is 24.7 Å². The van der Waals surface area contributed by atoms with Crippen LogP contribution in [0, 0.1) is 0 Å². The van der Waals surface area contributed by atoms with Crippen LogP contribution >= 0.6 is 12.6 Å². The summed E-state index contributed by atoms with van der Waals surface area (Å²) in [6, 6.07) is 9.91. The molecule has 0 saturated carbocycles. The highest BCUT2D eigenvalue weighted by molar-refractivity contribution is 7.80. The molecule has 0 radical (unpaired) electrons. The average Bonchev–Trinajstić information content (AvgIpc) is 3.15. The van der Waals surface area contributed by atoms with E-state index in [1.165, 1.54) is 6.07 Å². The Morgan fingerprint density at radius 3 is 2.57 bits per heavy atom. The molecule has 3 aliphatic rings. The lowest BCUT2D eigenvalue weighted by atomic mass is 10.0. The highest BCUT2D eigenvalue weighted by Crippen LogP contribution is 2.39. The van der Waals surface area contributed by atoms with E-state index >= 15 is 0 Å². The summed E-state index contributed by atoms with van der Waals surface area (Å²) in [5, 5.41) is 2.20. The SMILES string of the molecule is O=C1CCC(N2Cc3ccc(CN4CCN(c5cccc(C(F)(F)F)n5)CC4)cc3C2S)C(=O)N1. The zero-order valence-corrected chi connectivity index (χ0v) is 19.9. The van der Waals surface area contributed by atoms with Crippen LogP contribution in [0.2, 0.25) is 0 Å². The molecule has 0 bridgehead atoms. The molecule has 35 heavy (non-hydrogen) atoms. The third-order valence-electron chi connectivity index (χ3n) is 6.89. The van der Waals surface area contributed by atoms with Gasteiger partial charge in [0.25, 0.3) is 0 Å². The first-order chi connectivity index (χ1) is 16.7. The number of piperidine rings is 1. The van der Waals surface area contributed by atoms with Crippen molar-refractivity contribution in [1.29, 1.82) is 0 Å². The number of rotatable bonds is 4. The van der Waals surface area contributed by atoms with Crippen molar-refractivity contribution in [3.8, 4) is 0 Å². The number of benzene rings is 1.